The highest BCUT2D eigenvalue weighted by Crippen LogP contribution is 2.35. The van der Waals surface area contributed by atoms with E-state index in [1.807, 2.05) is 46.8 Å². The van der Waals surface area contributed by atoms with Gasteiger partial charge in [0, 0.05) is 37.3 Å². The molecule has 1 aliphatic heterocycles. The molecule has 39 heavy (non-hydrogen) atoms. The number of carbonyl (C=O) groups excluding carboxylic acids is 1. The van der Waals surface area contributed by atoms with Gasteiger partial charge in [-0.2, -0.15) is 5.10 Å². The Bertz CT molecular complexity index is 1420. The van der Waals surface area contributed by atoms with Gasteiger partial charge in [0.05, 0.1) is 46.7 Å². The Morgan fingerprint density at radius 2 is 1.90 bits per heavy atom. The topological polar surface area (TPSA) is 107 Å². The van der Waals surface area contributed by atoms with Crippen LogP contribution in [0.15, 0.2) is 48.1 Å². The van der Waals surface area contributed by atoms with Gasteiger partial charge in [-0.3, -0.25) is 4.79 Å². The molecule has 0 aromatic carbocycles. The monoisotopic (exact) mass is 548 g/mol. The lowest BCUT2D eigenvalue weighted by atomic mass is 9.81. The maximum atomic E-state index is 13.5. The maximum absolute atomic E-state index is 13.5. The summed E-state index contributed by atoms with van der Waals surface area (Å²) in [7, 11) is 0. The molecule has 1 atom stereocenters. The average molecular weight is 549 g/mol. The van der Waals surface area contributed by atoms with E-state index in [0.29, 0.717) is 48.3 Å². The number of hydrogen-bond acceptors (Lipinski definition) is 9. The molecule has 0 amide bonds. The third-order valence-electron chi connectivity index (χ3n) is 7.82. The summed E-state index contributed by atoms with van der Waals surface area (Å²) in [5, 5.41) is 26.1. The van der Waals surface area contributed by atoms with Crippen LogP contribution in [0, 0.1) is 5.41 Å². The second kappa shape index (κ2) is 11.5. The molecular weight excluding hydrogens is 512 g/mol. The number of pyridine rings is 1. The number of fused-ring (bicyclic) bond motifs is 1. The van der Waals surface area contributed by atoms with E-state index < -0.39 is 5.41 Å². The highest BCUT2D eigenvalue weighted by molar-refractivity contribution is 7.13. The average Bonchev–Trinajstić information content (AvgIpc) is 3.62. The van der Waals surface area contributed by atoms with Crippen molar-refractivity contribution in [2.45, 2.75) is 39.7 Å². The first-order chi connectivity index (χ1) is 18.9. The summed E-state index contributed by atoms with van der Waals surface area (Å²) in [6.07, 6.45) is 4.84. The lowest BCUT2D eigenvalue weighted by Gasteiger charge is -2.48. The number of aliphatic hydroxyl groups is 2. The minimum absolute atomic E-state index is 0.0683. The molecule has 9 nitrogen and oxygen atoms in total. The molecular formula is C29H36N6O3S. The van der Waals surface area contributed by atoms with E-state index in [4.69, 9.17) is 9.97 Å². The third-order valence-corrected chi connectivity index (χ3v) is 8.72. The van der Waals surface area contributed by atoms with Crippen LogP contribution in [0.1, 0.15) is 44.0 Å². The number of Topliss-reactive ketones (excluding diaryl/α,β-unsaturated/α-hetero) is 1. The van der Waals surface area contributed by atoms with Crippen molar-refractivity contribution in [3.63, 3.8) is 0 Å². The molecule has 0 saturated carbocycles. The molecule has 0 bridgehead atoms. The molecule has 1 fully saturated rings. The van der Waals surface area contributed by atoms with Gasteiger partial charge in [-0.15, -0.1) is 11.3 Å². The van der Waals surface area contributed by atoms with Crippen LogP contribution in [0.4, 0.5) is 5.82 Å². The number of ketones is 1. The van der Waals surface area contributed by atoms with Gasteiger partial charge in [0.2, 0.25) is 0 Å². The molecule has 4 aromatic heterocycles. The van der Waals surface area contributed by atoms with Crippen molar-refractivity contribution in [1.82, 2.24) is 24.5 Å². The summed E-state index contributed by atoms with van der Waals surface area (Å²) in [5.41, 5.74) is 2.95. The van der Waals surface area contributed by atoms with E-state index in [9.17, 15) is 15.0 Å². The number of aromatic nitrogens is 4. The van der Waals surface area contributed by atoms with E-state index in [1.165, 1.54) is 0 Å². The molecule has 0 radical (unpaired) electrons. The zero-order chi connectivity index (χ0) is 27.6. The fourth-order valence-electron chi connectivity index (χ4n) is 5.28. The molecule has 0 aliphatic carbocycles. The lowest BCUT2D eigenvalue weighted by molar-refractivity contribution is 0.0302. The summed E-state index contributed by atoms with van der Waals surface area (Å²) in [6.45, 7) is 9.11. The standard InChI is InChI=1S/C29H36N6O3S/c1-4-33(5-2)20(3)8-9-25(38)21-13-24(31-27(14-21)34-16-29(17-34,18-36)19-37)22-15-30-35-11-10-23(32-28(22)35)26-7-6-12-39-26/h6-7,10-15,20,36-37H,4-5,8-9,16-19H2,1-3H3/t20-/m0/s1. The van der Waals surface area contributed by atoms with Gasteiger partial charge in [0.1, 0.15) is 5.82 Å². The number of thiophene rings is 1. The highest BCUT2D eigenvalue weighted by atomic mass is 32.1. The van der Waals surface area contributed by atoms with Gasteiger partial charge in [-0.25, -0.2) is 14.5 Å². The molecule has 206 valence electrons. The predicted molar refractivity (Wildman–Crippen MR) is 154 cm³/mol. The molecule has 4 aromatic rings. The fourth-order valence-corrected chi connectivity index (χ4v) is 5.97. The molecule has 5 rings (SSSR count). The van der Waals surface area contributed by atoms with Crippen molar-refractivity contribution in [3.05, 3.63) is 53.7 Å². The Labute approximate surface area is 232 Å². The van der Waals surface area contributed by atoms with Crippen LogP contribution in [-0.4, -0.2) is 85.9 Å². The first-order valence-electron chi connectivity index (χ1n) is 13.5. The molecule has 0 spiro atoms. The molecule has 5 heterocycles. The van der Waals surface area contributed by atoms with Gasteiger partial charge < -0.3 is 20.0 Å². The quantitative estimate of drug-likeness (QED) is 0.256. The Balaban J connectivity index is 1.50. The van der Waals surface area contributed by atoms with Crippen molar-refractivity contribution in [2.24, 2.45) is 5.41 Å². The number of anilines is 1. The zero-order valence-electron chi connectivity index (χ0n) is 22.7. The molecule has 2 N–H and O–H groups in total. The van der Waals surface area contributed by atoms with Crippen LogP contribution >= 0.6 is 11.3 Å². The lowest BCUT2D eigenvalue weighted by Crippen LogP contribution is -2.60. The van der Waals surface area contributed by atoms with Crippen molar-refractivity contribution < 1.29 is 15.0 Å². The second-order valence-electron chi connectivity index (χ2n) is 10.4. The van der Waals surface area contributed by atoms with Gasteiger partial charge in [0.25, 0.3) is 0 Å². The Kier molecular flexibility index (Phi) is 8.08. The van der Waals surface area contributed by atoms with Gasteiger partial charge >= 0.3 is 0 Å². The van der Waals surface area contributed by atoms with Crippen LogP contribution in [0.5, 0.6) is 0 Å². The number of hydrogen-bond donors (Lipinski definition) is 2. The van der Waals surface area contributed by atoms with Crippen LogP contribution in [0.25, 0.3) is 27.5 Å². The van der Waals surface area contributed by atoms with E-state index in [1.54, 1.807) is 22.0 Å². The minimum atomic E-state index is -0.553. The molecule has 1 saturated heterocycles. The summed E-state index contributed by atoms with van der Waals surface area (Å²) in [4.78, 5) is 28.7. The van der Waals surface area contributed by atoms with E-state index >= 15 is 0 Å². The van der Waals surface area contributed by atoms with Crippen LogP contribution in [0.3, 0.4) is 0 Å². The molecule has 10 heteroatoms. The summed E-state index contributed by atoms with van der Waals surface area (Å²) >= 11 is 1.63. The van der Waals surface area contributed by atoms with E-state index in [-0.39, 0.29) is 19.0 Å². The van der Waals surface area contributed by atoms with Crippen molar-refractivity contribution >= 4 is 28.6 Å². The molecule has 0 unspecified atom stereocenters. The largest absolute Gasteiger partial charge is 0.396 e. The predicted octanol–water partition coefficient (Wildman–Crippen LogP) is 4.00. The normalized spacial score (nSPS) is 15.6. The first kappa shape index (κ1) is 27.4. The van der Waals surface area contributed by atoms with Crippen molar-refractivity contribution in [3.8, 4) is 21.8 Å². The van der Waals surface area contributed by atoms with Crippen molar-refractivity contribution in [2.75, 3.05) is 44.3 Å². The zero-order valence-corrected chi connectivity index (χ0v) is 23.6. The minimum Gasteiger partial charge on any atom is -0.396 e. The fraction of sp³-hybridized carbons (Fsp3) is 0.448. The molecule has 1 aliphatic rings. The van der Waals surface area contributed by atoms with E-state index in [2.05, 4.69) is 30.8 Å². The third kappa shape index (κ3) is 5.47. The number of rotatable bonds is 12. The van der Waals surface area contributed by atoms with Crippen LogP contribution in [-0.2, 0) is 0 Å². The summed E-state index contributed by atoms with van der Waals surface area (Å²) < 4.78 is 1.72. The number of aliphatic hydroxyl groups excluding tert-OH is 2. The smallest absolute Gasteiger partial charge is 0.165 e. The Hall–Kier alpha value is -3.18. The summed E-state index contributed by atoms with van der Waals surface area (Å²) in [6, 6.07) is 9.97. The van der Waals surface area contributed by atoms with Crippen LogP contribution < -0.4 is 4.90 Å². The Morgan fingerprint density at radius 3 is 2.56 bits per heavy atom. The van der Waals surface area contributed by atoms with E-state index in [0.717, 1.165) is 35.6 Å². The highest BCUT2D eigenvalue weighted by Gasteiger charge is 2.43. The number of carbonyl (C=O) groups is 1. The first-order valence-corrected chi connectivity index (χ1v) is 14.4. The summed E-state index contributed by atoms with van der Waals surface area (Å²) in [5.74, 6) is 0.720. The van der Waals surface area contributed by atoms with Crippen molar-refractivity contribution in [1.29, 1.82) is 0 Å². The Morgan fingerprint density at radius 1 is 1.13 bits per heavy atom. The SMILES string of the molecule is CCN(CC)[C@@H](C)CCC(=O)c1cc(-c2cnn3ccc(-c4cccs4)nc23)nc(N2CC(CO)(CO)C2)c1. The van der Waals surface area contributed by atoms with Gasteiger partial charge in [0.15, 0.2) is 11.4 Å². The van der Waals surface area contributed by atoms with Gasteiger partial charge in [-0.05, 0) is 56.1 Å². The second-order valence-corrected chi connectivity index (χ2v) is 11.4. The van der Waals surface area contributed by atoms with Crippen LogP contribution in [0.2, 0.25) is 0 Å². The number of nitrogens with zero attached hydrogens (tertiary/aromatic N) is 6. The maximum Gasteiger partial charge on any atom is 0.165 e. The van der Waals surface area contributed by atoms with Gasteiger partial charge in [-0.1, -0.05) is 19.9 Å².